The molecule has 2 aromatic carbocycles. The summed E-state index contributed by atoms with van der Waals surface area (Å²) >= 11 is 0. The number of hydrogen-bond donors (Lipinski definition) is 1. The maximum absolute atomic E-state index is 13.5. The van der Waals surface area contributed by atoms with Crippen molar-refractivity contribution in [2.45, 2.75) is 75.3 Å². The highest BCUT2D eigenvalue weighted by atomic mass is 16.7. The molecule has 7 unspecified atom stereocenters. The Balaban J connectivity index is 1.09. The first kappa shape index (κ1) is 24.8. The number of epoxide rings is 1. The van der Waals surface area contributed by atoms with Gasteiger partial charge in [0.1, 0.15) is 17.3 Å². The number of carbonyl (C=O) groups excluding carboxylic acids is 1. The first-order valence-corrected chi connectivity index (χ1v) is 14.8. The summed E-state index contributed by atoms with van der Waals surface area (Å²) in [5.74, 6) is 1.30. The van der Waals surface area contributed by atoms with Gasteiger partial charge in [-0.2, -0.15) is 0 Å². The molecule has 7 atom stereocenters. The van der Waals surface area contributed by atoms with E-state index in [1.54, 1.807) is 0 Å². The zero-order valence-corrected chi connectivity index (χ0v) is 22.7. The monoisotopic (exact) mass is 515 g/mol. The number of carbonyl (C=O) groups is 1. The van der Waals surface area contributed by atoms with E-state index in [-0.39, 0.29) is 35.4 Å². The number of hydrogen-bond acceptors (Lipinski definition) is 5. The summed E-state index contributed by atoms with van der Waals surface area (Å²) in [5, 5.41) is 12.3. The minimum atomic E-state index is -1.02. The Morgan fingerprint density at radius 3 is 2.18 bits per heavy atom. The van der Waals surface area contributed by atoms with Gasteiger partial charge in [0.05, 0.1) is 11.5 Å². The summed E-state index contributed by atoms with van der Waals surface area (Å²) in [6, 6.07) is 20.2. The van der Waals surface area contributed by atoms with E-state index in [0.29, 0.717) is 11.8 Å². The van der Waals surface area contributed by atoms with Crippen LogP contribution >= 0.6 is 0 Å². The molecule has 7 rings (SSSR count). The Bertz CT molecular complexity index is 1140. The normalized spacial score (nSPS) is 39.1. The van der Waals surface area contributed by atoms with Crippen LogP contribution in [0.2, 0.25) is 0 Å². The van der Waals surface area contributed by atoms with E-state index in [1.165, 1.54) is 6.42 Å². The number of esters is 1. The van der Waals surface area contributed by atoms with Crippen molar-refractivity contribution in [2.24, 2.45) is 29.6 Å². The van der Waals surface area contributed by atoms with Gasteiger partial charge in [0, 0.05) is 18.4 Å². The molecular formula is C33H41NO4. The molecule has 3 aliphatic heterocycles. The summed E-state index contributed by atoms with van der Waals surface area (Å²) in [7, 11) is 0. The van der Waals surface area contributed by atoms with Crippen molar-refractivity contribution in [3.63, 3.8) is 0 Å². The number of fused-ring (bicyclic) bond motifs is 1. The van der Waals surface area contributed by atoms with Gasteiger partial charge in [0.15, 0.2) is 0 Å². The third-order valence-corrected chi connectivity index (χ3v) is 11.2. The van der Waals surface area contributed by atoms with Crippen LogP contribution in [0.25, 0.3) is 0 Å². The molecule has 3 saturated heterocycles. The smallest absolute Gasteiger partial charge is 0.311 e. The van der Waals surface area contributed by atoms with Crippen molar-refractivity contribution in [3.8, 4) is 0 Å². The molecule has 5 heteroatoms. The van der Waals surface area contributed by atoms with E-state index in [0.717, 1.165) is 62.9 Å². The zero-order chi connectivity index (χ0) is 26.1. The van der Waals surface area contributed by atoms with Crippen molar-refractivity contribution in [1.82, 2.24) is 4.90 Å². The molecule has 0 radical (unpaired) electrons. The Morgan fingerprint density at radius 1 is 0.921 bits per heavy atom. The molecule has 2 saturated carbocycles. The molecule has 3 heterocycles. The SMILES string of the molecule is CC1CCC2C(CN3CCC(C(O)(c4ccccc4)c4ccccc4)CC3)C(=O)OC23C1CCC1(C)OC13. The fourth-order valence-corrected chi connectivity index (χ4v) is 9.10. The Morgan fingerprint density at radius 2 is 1.55 bits per heavy atom. The molecule has 1 N–H and O–H groups in total. The van der Waals surface area contributed by atoms with Crippen LogP contribution < -0.4 is 0 Å². The predicted octanol–water partition coefficient (Wildman–Crippen LogP) is 5.16. The van der Waals surface area contributed by atoms with Gasteiger partial charge in [0.25, 0.3) is 0 Å². The van der Waals surface area contributed by atoms with E-state index in [4.69, 9.17) is 9.47 Å². The van der Waals surface area contributed by atoms with Gasteiger partial charge in [-0.25, -0.2) is 0 Å². The fraction of sp³-hybridized carbons (Fsp3) is 0.606. The molecule has 2 aromatic rings. The largest absolute Gasteiger partial charge is 0.455 e. The van der Waals surface area contributed by atoms with Crippen LogP contribution in [-0.2, 0) is 19.9 Å². The standard InChI is InChI=1S/C33H41NO4/c1-22-13-14-28-26(29(35)37-33(28)27(22)15-18-31(2)30(33)38-31)21-34-19-16-25(17-20-34)32(36,23-9-5-3-6-10-23)24-11-7-4-8-12-24/h3-12,22,25-28,30,36H,13-21H2,1-2H3. The third-order valence-electron chi connectivity index (χ3n) is 11.2. The van der Waals surface area contributed by atoms with Gasteiger partial charge >= 0.3 is 5.97 Å². The first-order valence-electron chi connectivity index (χ1n) is 14.8. The second-order valence-electron chi connectivity index (χ2n) is 13.1. The van der Waals surface area contributed by atoms with Gasteiger partial charge < -0.3 is 19.5 Å². The highest BCUT2D eigenvalue weighted by Crippen LogP contribution is 2.66. The molecule has 2 aliphatic carbocycles. The molecular weight excluding hydrogens is 474 g/mol. The molecule has 5 fully saturated rings. The number of ether oxygens (including phenoxy) is 2. The van der Waals surface area contributed by atoms with E-state index >= 15 is 0 Å². The van der Waals surface area contributed by atoms with E-state index in [2.05, 4.69) is 18.7 Å². The Kier molecular flexibility index (Phi) is 5.81. The first-order chi connectivity index (χ1) is 18.4. The lowest BCUT2D eigenvalue weighted by molar-refractivity contribution is -0.168. The topological polar surface area (TPSA) is 62.3 Å². The maximum atomic E-state index is 13.5. The van der Waals surface area contributed by atoms with Gasteiger partial charge in [0.2, 0.25) is 0 Å². The lowest BCUT2D eigenvalue weighted by atomic mass is 9.55. The summed E-state index contributed by atoms with van der Waals surface area (Å²) < 4.78 is 12.8. The average molecular weight is 516 g/mol. The quantitative estimate of drug-likeness (QED) is 0.440. The predicted molar refractivity (Wildman–Crippen MR) is 145 cm³/mol. The number of aliphatic hydroxyl groups is 1. The van der Waals surface area contributed by atoms with E-state index in [1.807, 2.05) is 60.7 Å². The van der Waals surface area contributed by atoms with Crippen LogP contribution in [0.5, 0.6) is 0 Å². The number of piperidine rings is 1. The third kappa shape index (κ3) is 3.58. The molecule has 38 heavy (non-hydrogen) atoms. The van der Waals surface area contributed by atoms with Crippen LogP contribution in [0, 0.1) is 29.6 Å². The lowest BCUT2D eigenvalue weighted by Crippen LogP contribution is -2.58. The molecule has 0 bridgehead atoms. The zero-order valence-electron chi connectivity index (χ0n) is 22.7. The van der Waals surface area contributed by atoms with Crippen LogP contribution in [0.1, 0.15) is 63.5 Å². The van der Waals surface area contributed by atoms with Crippen molar-refractivity contribution in [2.75, 3.05) is 19.6 Å². The second kappa shape index (κ2) is 8.90. The van der Waals surface area contributed by atoms with Crippen molar-refractivity contribution >= 4 is 5.97 Å². The number of rotatable bonds is 5. The van der Waals surface area contributed by atoms with Crippen LogP contribution in [-0.4, -0.2) is 52.9 Å². The van der Waals surface area contributed by atoms with Gasteiger partial charge in [-0.15, -0.1) is 0 Å². The van der Waals surface area contributed by atoms with Crippen LogP contribution in [0.4, 0.5) is 0 Å². The van der Waals surface area contributed by atoms with Crippen LogP contribution in [0.3, 0.4) is 0 Å². The average Bonchev–Trinajstić information content (AvgIpc) is 3.58. The van der Waals surface area contributed by atoms with Gasteiger partial charge in [-0.3, -0.25) is 4.79 Å². The van der Waals surface area contributed by atoms with Gasteiger partial charge in [-0.05, 0) is 81.5 Å². The lowest BCUT2D eigenvalue weighted by Gasteiger charge is -2.50. The van der Waals surface area contributed by atoms with Crippen molar-refractivity contribution in [1.29, 1.82) is 0 Å². The Hall–Kier alpha value is -2.21. The number of likely N-dealkylation sites (tertiary alicyclic amines) is 1. The van der Waals surface area contributed by atoms with Crippen molar-refractivity contribution in [3.05, 3.63) is 71.8 Å². The highest BCUT2D eigenvalue weighted by Gasteiger charge is 2.77. The molecule has 202 valence electrons. The van der Waals surface area contributed by atoms with Gasteiger partial charge in [-0.1, -0.05) is 67.6 Å². The van der Waals surface area contributed by atoms with Crippen LogP contribution in [0.15, 0.2) is 60.7 Å². The summed E-state index contributed by atoms with van der Waals surface area (Å²) in [5.41, 5.74) is 0.383. The minimum Gasteiger partial charge on any atom is -0.455 e. The molecule has 0 amide bonds. The second-order valence-corrected chi connectivity index (χ2v) is 13.1. The molecule has 5 aliphatic rings. The van der Waals surface area contributed by atoms with Crippen molar-refractivity contribution < 1.29 is 19.4 Å². The molecule has 5 nitrogen and oxygen atoms in total. The molecule has 0 aromatic heterocycles. The number of nitrogens with zero attached hydrogens (tertiary/aromatic N) is 1. The summed E-state index contributed by atoms with van der Waals surface area (Å²) in [6.45, 7) is 7.09. The minimum absolute atomic E-state index is 0.000972. The van der Waals surface area contributed by atoms with E-state index in [9.17, 15) is 9.90 Å². The fourth-order valence-electron chi connectivity index (χ4n) is 9.10. The highest BCUT2D eigenvalue weighted by molar-refractivity contribution is 5.77. The number of benzene rings is 2. The maximum Gasteiger partial charge on any atom is 0.311 e. The summed E-state index contributed by atoms with van der Waals surface area (Å²) in [4.78, 5) is 15.9. The summed E-state index contributed by atoms with van der Waals surface area (Å²) in [6.07, 6.45) is 6.28. The van der Waals surface area contributed by atoms with E-state index < -0.39 is 11.2 Å². The Labute approximate surface area is 226 Å². The molecule has 1 spiro atoms.